The molecule has 0 aliphatic heterocycles. The Morgan fingerprint density at radius 1 is 1.04 bits per heavy atom. The summed E-state index contributed by atoms with van der Waals surface area (Å²) >= 11 is 5.99. The lowest BCUT2D eigenvalue weighted by Gasteiger charge is -2.40. The zero-order chi connectivity index (χ0) is 16.6. The van der Waals surface area contributed by atoms with Crippen LogP contribution < -0.4 is 5.32 Å². The lowest BCUT2D eigenvalue weighted by molar-refractivity contribution is -0.124. The van der Waals surface area contributed by atoms with E-state index in [1.54, 1.807) is 6.20 Å². The van der Waals surface area contributed by atoms with Gasteiger partial charge in [0, 0.05) is 16.6 Å². The summed E-state index contributed by atoms with van der Waals surface area (Å²) in [5.74, 6) is 0.0485. The van der Waals surface area contributed by atoms with Gasteiger partial charge in [0.2, 0.25) is 5.91 Å². The fraction of sp³-hybridized carbons (Fsp3) is 0.200. The molecule has 120 valence electrons. The third-order valence-electron chi connectivity index (χ3n) is 4.93. The quantitative estimate of drug-likeness (QED) is 0.735. The van der Waals surface area contributed by atoms with Gasteiger partial charge < -0.3 is 5.32 Å². The van der Waals surface area contributed by atoms with Crippen LogP contribution in [0, 0.1) is 0 Å². The molecule has 3 nitrogen and oxygen atoms in total. The van der Waals surface area contributed by atoms with E-state index in [4.69, 9.17) is 11.6 Å². The van der Waals surface area contributed by atoms with E-state index in [1.165, 1.54) is 0 Å². The van der Waals surface area contributed by atoms with E-state index < -0.39 is 5.41 Å². The fourth-order valence-electron chi connectivity index (χ4n) is 3.40. The van der Waals surface area contributed by atoms with Crippen LogP contribution in [-0.2, 0) is 10.2 Å². The van der Waals surface area contributed by atoms with Crippen LogP contribution in [-0.4, -0.2) is 10.9 Å². The molecular weight excluding hydrogens is 320 g/mol. The van der Waals surface area contributed by atoms with Crippen LogP contribution in [0.2, 0.25) is 5.02 Å². The SMILES string of the molecule is O=C(Nc1cccc2ncccc12)C1(c2ccc(Cl)cc2)CCC1. The second-order valence-electron chi connectivity index (χ2n) is 6.27. The summed E-state index contributed by atoms with van der Waals surface area (Å²) in [5, 5.41) is 4.77. The van der Waals surface area contributed by atoms with Gasteiger partial charge in [0.1, 0.15) is 0 Å². The van der Waals surface area contributed by atoms with Crippen molar-refractivity contribution in [1.82, 2.24) is 4.98 Å². The Morgan fingerprint density at radius 3 is 2.54 bits per heavy atom. The molecular formula is C20H17ClN2O. The highest BCUT2D eigenvalue weighted by molar-refractivity contribution is 6.30. The Balaban J connectivity index is 1.68. The molecule has 0 saturated heterocycles. The van der Waals surface area contributed by atoms with Crippen molar-refractivity contribution in [2.75, 3.05) is 5.32 Å². The third-order valence-corrected chi connectivity index (χ3v) is 5.18. The number of pyridine rings is 1. The largest absolute Gasteiger partial charge is 0.325 e. The minimum absolute atomic E-state index is 0.0485. The van der Waals surface area contributed by atoms with Gasteiger partial charge in [-0.25, -0.2) is 0 Å². The molecule has 24 heavy (non-hydrogen) atoms. The Bertz CT molecular complexity index is 896. The highest BCUT2D eigenvalue weighted by atomic mass is 35.5. The third kappa shape index (κ3) is 2.45. The molecule has 0 bridgehead atoms. The van der Waals surface area contributed by atoms with Gasteiger partial charge in [0.05, 0.1) is 16.6 Å². The standard InChI is InChI=1S/C20H17ClN2O/c21-15-9-7-14(8-10-15)20(11-3-12-20)19(24)23-18-6-1-5-17-16(18)4-2-13-22-17/h1-2,4-10,13H,3,11-12H2,(H,23,24). The van der Waals surface area contributed by atoms with Crippen LogP contribution in [0.5, 0.6) is 0 Å². The summed E-state index contributed by atoms with van der Waals surface area (Å²) < 4.78 is 0. The molecule has 1 fully saturated rings. The zero-order valence-corrected chi connectivity index (χ0v) is 13.9. The molecule has 4 heteroatoms. The summed E-state index contributed by atoms with van der Waals surface area (Å²) in [6, 6.07) is 17.3. The maximum Gasteiger partial charge on any atom is 0.235 e. The van der Waals surface area contributed by atoms with E-state index in [-0.39, 0.29) is 5.91 Å². The number of nitrogens with one attached hydrogen (secondary N) is 1. The number of halogens is 1. The topological polar surface area (TPSA) is 42.0 Å². The number of benzene rings is 2. The number of amides is 1. The summed E-state index contributed by atoms with van der Waals surface area (Å²) in [5.41, 5.74) is 2.28. The van der Waals surface area contributed by atoms with Crippen molar-refractivity contribution in [3.63, 3.8) is 0 Å². The number of fused-ring (bicyclic) bond motifs is 1. The fourth-order valence-corrected chi connectivity index (χ4v) is 3.53. The lowest BCUT2D eigenvalue weighted by Crippen LogP contribution is -2.46. The Labute approximate surface area is 145 Å². The van der Waals surface area contributed by atoms with E-state index in [9.17, 15) is 4.79 Å². The molecule has 0 radical (unpaired) electrons. The smallest absolute Gasteiger partial charge is 0.235 e. The number of carbonyl (C=O) groups excluding carboxylic acids is 1. The van der Waals surface area contributed by atoms with Gasteiger partial charge >= 0.3 is 0 Å². The van der Waals surface area contributed by atoms with E-state index >= 15 is 0 Å². The molecule has 4 rings (SSSR count). The van der Waals surface area contributed by atoms with Crippen LogP contribution in [0.15, 0.2) is 60.8 Å². The number of anilines is 1. The first-order chi connectivity index (χ1) is 11.7. The number of carbonyl (C=O) groups is 1. The highest BCUT2D eigenvalue weighted by Gasteiger charge is 2.45. The predicted molar refractivity (Wildman–Crippen MR) is 97.4 cm³/mol. The highest BCUT2D eigenvalue weighted by Crippen LogP contribution is 2.45. The Morgan fingerprint density at radius 2 is 1.83 bits per heavy atom. The van der Waals surface area contributed by atoms with Crippen LogP contribution in [0.4, 0.5) is 5.69 Å². The average molecular weight is 337 g/mol. The molecule has 1 saturated carbocycles. The van der Waals surface area contributed by atoms with Crippen molar-refractivity contribution in [3.8, 4) is 0 Å². The summed E-state index contributed by atoms with van der Waals surface area (Å²) in [6.07, 6.45) is 4.55. The maximum absolute atomic E-state index is 13.1. The summed E-state index contributed by atoms with van der Waals surface area (Å²) in [7, 11) is 0. The minimum atomic E-state index is -0.449. The summed E-state index contributed by atoms with van der Waals surface area (Å²) in [4.78, 5) is 17.4. The van der Waals surface area contributed by atoms with Gasteiger partial charge in [0.25, 0.3) is 0 Å². The minimum Gasteiger partial charge on any atom is -0.325 e. The van der Waals surface area contributed by atoms with Crippen LogP contribution in [0.25, 0.3) is 10.9 Å². The molecule has 1 aliphatic carbocycles. The van der Waals surface area contributed by atoms with Crippen molar-refractivity contribution in [2.45, 2.75) is 24.7 Å². The molecule has 1 heterocycles. The Hall–Kier alpha value is -2.39. The van der Waals surface area contributed by atoms with Gasteiger partial charge in [-0.2, -0.15) is 0 Å². The first-order valence-electron chi connectivity index (χ1n) is 8.10. The molecule has 1 N–H and O–H groups in total. The van der Waals surface area contributed by atoms with Crippen LogP contribution in [0.1, 0.15) is 24.8 Å². The van der Waals surface area contributed by atoms with Gasteiger partial charge in [-0.15, -0.1) is 0 Å². The van der Waals surface area contributed by atoms with Gasteiger partial charge in [0.15, 0.2) is 0 Å². The van der Waals surface area contributed by atoms with E-state index in [2.05, 4.69) is 10.3 Å². The van der Waals surface area contributed by atoms with Crippen molar-refractivity contribution in [2.24, 2.45) is 0 Å². The normalized spacial score (nSPS) is 15.7. The van der Waals surface area contributed by atoms with Crippen molar-refractivity contribution in [1.29, 1.82) is 0 Å². The van der Waals surface area contributed by atoms with E-state index in [0.717, 1.165) is 41.4 Å². The molecule has 1 aromatic heterocycles. The molecule has 0 unspecified atom stereocenters. The first-order valence-corrected chi connectivity index (χ1v) is 8.48. The van der Waals surface area contributed by atoms with E-state index in [0.29, 0.717) is 5.02 Å². The molecule has 2 aromatic carbocycles. The number of aromatic nitrogens is 1. The van der Waals surface area contributed by atoms with Crippen molar-refractivity contribution in [3.05, 3.63) is 71.4 Å². The average Bonchev–Trinajstić information content (AvgIpc) is 2.56. The second-order valence-corrected chi connectivity index (χ2v) is 6.71. The Kier molecular flexibility index (Phi) is 3.73. The van der Waals surface area contributed by atoms with E-state index in [1.807, 2.05) is 54.6 Å². The molecule has 1 aliphatic rings. The first kappa shape index (κ1) is 15.2. The molecule has 0 atom stereocenters. The molecule has 0 spiro atoms. The molecule has 1 amide bonds. The number of hydrogen-bond acceptors (Lipinski definition) is 2. The van der Waals surface area contributed by atoms with Gasteiger partial charge in [-0.05, 0) is 54.8 Å². The lowest BCUT2D eigenvalue weighted by atomic mass is 9.64. The van der Waals surface area contributed by atoms with Crippen molar-refractivity contribution < 1.29 is 4.79 Å². The number of hydrogen-bond donors (Lipinski definition) is 1. The van der Waals surface area contributed by atoms with Crippen LogP contribution >= 0.6 is 11.6 Å². The predicted octanol–water partition coefficient (Wildman–Crippen LogP) is 4.95. The second kappa shape index (κ2) is 5.91. The van der Waals surface area contributed by atoms with Crippen molar-refractivity contribution >= 4 is 34.1 Å². The van der Waals surface area contributed by atoms with Gasteiger partial charge in [-0.1, -0.05) is 36.2 Å². The zero-order valence-electron chi connectivity index (χ0n) is 13.1. The van der Waals surface area contributed by atoms with Crippen LogP contribution in [0.3, 0.4) is 0 Å². The number of nitrogens with zero attached hydrogens (tertiary/aromatic N) is 1. The van der Waals surface area contributed by atoms with Gasteiger partial charge in [-0.3, -0.25) is 9.78 Å². The number of rotatable bonds is 3. The molecule has 3 aromatic rings. The maximum atomic E-state index is 13.1. The summed E-state index contributed by atoms with van der Waals surface area (Å²) in [6.45, 7) is 0. The monoisotopic (exact) mass is 336 g/mol.